The maximum atomic E-state index is 12.2. The second kappa shape index (κ2) is 10.6. The number of benzene rings is 2. The molecule has 0 N–H and O–H groups in total. The Morgan fingerprint density at radius 3 is 2.16 bits per heavy atom. The molecule has 1 aromatic heterocycles. The summed E-state index contributed by atoms with van der Waals surface area (Å²) in [6.45, 7) is 7.23. The third kappa shape index (κ3) is 4.91. The van der Waals surface area contributed by atoms with Crippen LogP contribution in [0.4, 0.5) is 5.69 Å². The molecule has 172 valence electrons. The number of methoxy groups -OCH3 is 2. The summed E-state index contributed by atoms with van der Waals surface area (Å²) in [7, 11) is 7.31. The first-order valence-corrected chi connectivity index (χ1v) is 11.1. The van der Waals surface area contributed by atoms with Gasteiger partial charge >= 0.3 is 5.63 Å². The third-order valence-corrected chi connectivity index (χ3v) is 6.10. The van der Waals surface area contributed by atoms with E-state index in [4.69, 9.17) is 13.9 Å². The number of anilines is 1. The fourth-order valence-corrected chi connectivity index (χ4v) is 4.20. The van der Waals surface area contributed by atoms with Crippen molar-refractivity contribution < 1.29 is 13.9 Å². The molecular formula is C26H34N2O4. The molecule has 0 aliphatic heterocycles. The van der Waals surface area contributed by atoms with Crippen LogP contribution in [0.2, 0.25) is 0 Å². The summed E-state index contributed by atoms with van der Waals surface area (Å²) >= 11 is 0. The van der Waals surface area contributed by atoms with Gasteiger partial charge in [-0.05, 0) is 49.8 Å². The fraction of sp³-hybridized carbons (Fsp3) is 0.423. The van der Waals surface area contributed by atoms with E-state index in [0.717, 1.165) is 48.3 Å². The summed E-state index contributed by atoms with van der Waals surface area (Å²) in [5, 5.41) is 0.764. The Kier molecular flexibility index (Phi) is 7.80. The van der Waals surface area contributed by atoms with Crippen molar-refractivity contribution >= 4 is 16.7 Å². The van der Waals surface area contributed by atoms with Crippen molar-refractivity contribution in [3.05, 3.63) is 64.0 Å². The molecule has 0 bridgehead atoms. The first-order valence-electron chi connectivity index (χ1n) is 11.1. The van der Waals surface area contributed by atoms with Gasteiger partial charge in [0, 0.05) is 43.4 Å². The zero-order valence-corrected chi connectivity index (χ0v) is 20.0. The molecule has 2 aromatic carbocycles. The normalized spacial score (nSPS) is 12.2. The zero-order valence-electron chi connectivity index (χ0n) is 20.0. The molecule has 1 atom stereocenters. The van der Waals surface area contributed by atoms with Crippen LogP contribution >= 0.6 is 0 Å². The highest BCUT2D eigenvalue weighted by Crippen LogP contribution is 2.43. The van der Waals surface area contributed by atoms with Crippen LogP contribution in [0.3, 0.4) is 0 Å². The Balaban J connectivity index is 2.23. The lowest BCUT2D eigenvalue weighted by atomic mass is 9.86. The van der Waals surface area contributed by atoms with Crippen LogP contribution in [0, 0.1) is 0 Å². The molecule has 3 aromatic rings. The molecule has 0 saturated heterocycles. The average Bonchev–Trinajstić information content (AvgIpc) is 2.81. The van der Waals surface area contributed by atoms with E-state index in [0.29, 0.717) is 17.1 Å². The Labute approximate surface area is 190 Å². The largest absolute Gasteiger partial charge is 0.496 e. The summed E-state index contributed by atoms with van der Waals surface area (Å²) < 4.78 is 17.1. The molecule has 0 saturated carbocycles. The predicted octanol–water partition coefficient (Wildman–Crippen LogP) is 4.74. The van der Waals surface area contributed by atoms with E-state index in [1.165, 1.54) is 6.07 Å². The summed E-state index contributed by atoms with van der Waals surface area (Å²) in [6.07, 6.45) is 0.861. The molecule has 0 amide bonds. The van der Waals surface area contributed by atoms with Gasteiger partial charge in [0.25, 0.3) is 0 Å². The SMILES string of the molecule is CCN(CC)CCC(c1ccc(N(C)C)cc1)c1c(OC)cc(OC)c2ccc(=O)oc12. The third-order valence-electron chi connectivity index (χ3n) is 6.10. The average molecular weight is 439 g/mol. The van der Waals surface area contributed by atoms with E-state index in [9.17, 15) is 4.79 Å². The fourth-order valence-electron chi connectivity index (χ4n) is 4.20. The molecule has 3 rings (SSSR count). The first-order chi connectivity index (χ1) is 15.4. The van der Waals surface area contributed by atoms with Gasteiger partial charge in [0.1, 0.15) is 17.1 Å². The van der Waals surface area contributed by atoms with Gasteiger partial charge < -0.3 is 23.7 Å². The molecule has 0 spiro atoms. The van der Waals surface area contributed by atoms with Gasteiger partial charge in [-0.2, -0.15) is 0 Å². The number of ether oxygens (including phenoxy) is 2. The van der Waals surface area contributed by atoms with Crippen molar-refractivity contribution in [3.63, 3.8) is 0 Å². The van der Waals surface area contributed by atoms with E-state index in [2.05, 4.69) is 47.9 Å². The van der Waals surface area contributed by atoms with Gasteiger partial charge in [0.2, 0.25) is 0 Å². The molecule has 0 aliphatic carbocycles. The van der Waals surface area contributed by atoms with Crippen molar-refractivity contribution in [2.24, 2.45) is 0 Å². The van der Waals surface area contributed by atoms with Crippen LogP contribution in [-0.4, -0.2) is 52.8 Å². The lowest BCUT2D eigenvalue weighted by Crippen LogP contribution is -2.25. The summed E-state index contributed by atoms with van der Waals surface area (Å²) in [6, 6.07) is 13.6. The topological polar surface area (TPSA) is 55.2 Å². The predicted molar refractivity (Wildman–Crippen MR) is 131 cm³/mol. The van der Waals surface area contributed by atoms with Crippen LogP contribution in [0.25, 0.3) is 11.0 Å². The molecule has 0 radical (unpaired) electrons. The Morgan fingerprint density at radius 2 is 1.59 bits per heavy atom. The van der Waals surface area contributed by atoms with Crippen LogP contribution in [0.1, 0.15) is 37.3 Å². The highest BCUT2D eigenvalue weighted by atomic mass is 16.5. The van der Waals surface area contributed by atoms with Gasteiger partial charge in [0.05, 0.1) is 19.6 Å². The second-order valence-electron chi connectivity index (χ2n) is 8.05. The minimum atomic E-state index is -0.389. The van der Waals surface area contributed by atoms with Gasteiger partial charge in [-0.15, -0.1) is 0 Å². The number of nitrogens with zero attached hydrogens (tertiary/aromatic N) is 2. The molecule has 6 heteroatoms. The summed E-state index contributed by atoms with van der Waals surface area (Å²) in [4.78, 5) is 16.7. The summed E-state index contributed by atoms with van der Waals surface area (Å²) in [5.41, 5.74) is 3.30. The van der Waals surface area contributed by atoms with E-state index < -0.39 is 0 Å². The molecule has 1 unspecified atom stereocenters. The Hall–Kier alpha value is -2.99. The van der Waals surface area contributed by atoms with E-state index in [1.807, 2.05) is 20.2 Å². The van der Waals surface area contributed by atoms with Crippen LogP contribution < -0.4 is 20.0 Å². The van der Waals surface area contributed by atoms with Gasteiger partial charge in [-0.3, -0.25) is 0 Å². The van der Waals surface area contributed by atoms with Crippen LogP contribution in [-0.2, 0) is 0 Å². The maximum absolute atomic E-state index is 12.2. The molecule has 0 fully saturated rings. The highest BCUT2D eigenvalue weighted by molar-refractivity contribution is 5.89. The monoisotopic (exact) mass is 438 g/mol. The number of hydrogen-bond donors (Lipinski definition) is 0. The van der Waals surface area contributed by atoms with E-state index >= 15 is 0 Å². The van der Waals surface area contributed by atoms with Gasteiger partial charge in [-0.1, -0.05) is 26.0 Å². The molecular weight excluding hydrogens is 404 g/mol. The van der Waals surface area contributed by atoms with E-state index in [-0.39, 0.29) is 11.5 Å². The first kappa shape index (κ1) is 23.7. The molecule has 1 heterocycles. The minimum Gasteiger partial charge on any atom is -0.496 e. The van der Waals surface area contributed by atoms with Gasteiger partial charge in [0.15, 0.2) is 0 Å². The number of fused-ring (bicyclic) bond motifs is 1. The lowest BCUT2D eigenvalue weighted by Gasteiger charge is -2.26. The van der Waals surface area contributed by atoms with Crippen molar-refractivity contribution in [3.8, 4) is 11.5 Å². The van der Waals surface area contributed by atoms with Crippen molar-refractivity contribution in [2.45, 2.75) is 26.2 Å². The molecule has 0 aliphatic rings. The molecule has 6 nitrogen and oxygen atoms in total. The van der Waals surface area contributed by atoms with Crippen molar-refractivity contribution in [2.75, 3.05) is 52.8 Å². The van der Waals surface area contributed by atoms with E-state index in [1.54, 1.807) is 20.3 Å². The molecule has 32 heavy (non-hydrogen) atoms. The minimum absolute atomic E-state index is 0.0132. The van der Waals surface area contributed by atoms with Crippen LogP contribution in [0.15, 0.2) is 51.7 Å². The van der Waals surface area contributed by atoms with Crippen molar-refractivity contribution in [1.82, 2.24) is 4.90 Å². The van der Waals surface area contributed by atoms with Gasteiger partial charge in [-0.25, -0.2) is 4.79 Å². The lowest BCUT2D eigenvalue weighted by molar-refractivity contribution is 0.293. The Bertz CT molecular complexity index is 1090. The number of hydrogen-bond acceptors (Lipinski definition) is 6. The zero-order chi connectivity index (χ0) is 23.3. The standard InChI is InChI=1S/C26H34N2O4/c1-7-28(8-2)16-15-20(18-9-11-19(12-10-18)27(3)4)25-23(31-6)17-22(30-5)21-13-14-24(29)32-26(21)25/h9-14,17,20H,7-8,15-16H2,1-6H3. The van der Waals surface area contributed by atoms with Crippen LogP contribution in [0.5, 0.6) is 11.5 Å². The van der Waals surface area contributed by atoms with Crippen molar-refractivity contribution in [1.29, 1.82) is 0 Å². The number of rotatable bonds is 10. The smallest absolute Gasteiger partial charge is 0.336 e. The maximum Gasteiger partial charge on any atom is 0.336 e. The quantitative estimate of drug-likeness (QED) is 0.426. The summed E-state index contributed by atoms with van der Waals surface area (Å²) in [5.74, 6) is 1.26. The Morgan fingerprint density at radius 1 is 0.938 bits per heavy atom. The highest BCUT2D eigenvalue weighted by Gasteiger charge is 2.26. The second-order valence-corrected chi connectivity index (χ2v) is 8.05.